The summed E-state index contributed by atoms with van der Waals surface area (Å²) in [6.45, 7) is 4.32. The molecule has 2 aromatic heterocycles. The number of rotatable bonds is 7. The van der Waals surface area contributed by atoms with Crippen molar-refractivity contribution in [3.05, 3.63) is 71.4 Å². The maximum absolute atomic E-state index is 12.5. The first kappa shape index (κ1) is 26.3. The standard InChI is InChI=1S/C29H27N5O4S/c1-2-3-21(35)6-9-27(36)34-14-12-33(13-15-34)26-8-5-20(18-31-26)22-10-11-30-24-7-4-19(16-23(22)24)17-25-28(37)32-29(38)39-25/h2-5,7-8,10-11,16-18H,6,9,12-15H2,1H3,(H,32,37,38). The van der Waals surface area contributed by atoms with Crippen molar-refractivity contribution < 1.29 is 19.2 Å². The number of allylic oxidation sites excluding steroid dienone is 2. The number of carbonyl (C=O) groups is 4. The lowest BCUT2D eigenvalue weighted by molar-refractivity contribution is -0.133. The SMILES string of the molecule is CC=CC(=O)CCC(=O)N1CCN(c2ccc(-c3ccnc4ccc(C=C5SC(=O)NC5=O)cc34)cn2)CC1. The fourth-order valence-corrected chi connectivity index (χ4v) is 5.33. The third-order valence-electron chi connectivity index (χ3n) is 6.66. The Balaban J connectivity index is 1.27. The summed E-state index contributed by atoms with van der Waals surface area (Å²) in [5, 5.41) is 2.82. The molecule has 0 atom stereocenters. The van der Waals surface area contributed by atoms with E-state index in [-0.39, 0.29) is 35.7 Å². The number of hydrogen-bond acceptors (Lipinski definition) is 8. The van der Waals surface area contributed by atoms with Gasteiger partial charge in [-0.1, -0.05) is 12.1 Å². The highest BCUT2D eigenvalue weighted by Crippen LogP contribution is 2.31. The molecule has 2 saturated heterocycles. The second kappa shape index (κ2) is 11.6. The van der Waals surface area contributed by atoms with Crippen molar-refractivity contribution in [2.75, 3.05) is 31.1 Å². The number of benzene rings is 1. The van der Waals surface area contributed by atoms with Crippen LogP contribution < -0.4 is 10.2 Å². The van der Waals surface area contributed by atoms with Crippen molar-refractivity contribution in [2.24, 2.45) is 0 Å². The van der Waals surface area contributed by atoms with Crippen LogP contribution >= 0.6 is 11.8 Å². The molecule has 2 aliphatic rings. The van der Waals surface area contributed by atoms with Crippen molar-refractivity contribution in [1.29, 1.82) is 0 Å². The van der Waals surface area contributed by atoms with Crippen LogP contribution in [0.3, 0.4) is 0 Å². The average Bonchev–Trinajstić information content (AvgIpc) is 3.27. The Labute approximate surface area is 230 Å². The number of amides is 3. The Bertz CT molecular complexity index is 1510. The molecule has 2 aliphatic heterocycles. The van der Waals surface area contributed by atoms with Crippen molar-refractivity contribution in [1.82, 2.24) is 20.2 Å². The largest absolute Gasteiger partial charge is 0.353 e. The molecular formula is C29H27N5O4S. The molecule has 0 spiro atoms. The van der Waals surface area contributed by atoms with Gasteiger partial charge in [-0.2, -0.15) is 0 Å². The van der Waals surface area contributed by atoms with E-state index >= 15 is 0 Å². The van der Waals surface area contributed by atoms with Crippen LogP contribution in [0.5, 0.6) is 0 Å². The number of aromatic nitrogens is 2. The molecule has 0 bridgehead atoms. The Kier molecular flexibility index (Phi) is 7.83. The van der Waals surface area contributed by atoms with Crippen molar-refractivity contribution in [3.63, 3.8) is 0 Å². The highest BCUT2D eigenvalue weighted by Gasteiger charge is 2.25. The number of piperazine rings is 1. The molecule has 198 valence electrons. The molecule has 9 nitrogen and oxygen atoms in total. The zero-order chi connectivity index (χ0) is 27.4. The Morgan fingerprint density at radius 3 is 2.54 bits per heavy atom. The van der Waals surface area contributed by atoms with E-state index in [1.54, 1.807) is 25.3 Å². The Morgan fingerprint density at radius 1 is 1.03 bits per heavy atom. The lowest BCUT2D eigenvalue weighted by Crippen LogP contribution is -2.49. The number of ketones is 1. The number of hydrogen-bond donors (Lipinski definition) is 1. The van der Waals surface area contributed by atoms with Gasteiger partial charge in [0.05, 0.1) is 10.4 Å². The monoisotopic (exact) mass is 541 g/mol. The Hall–Kier alpha value is -4.31. The molecule has 0 aliphatic carbocycles. The highest BCUT2D eigenvalue weighted by atomic mass is 32.2. The summed E-state index contributed by atoms with van der Waals surface area (Å²) < 4.78 is 0. The molecule has 0 saturated carbocycles. The number of carbonyl (C=O) groups excluding carboxylic acids is 4. The van der Waals surface area contributed by atoms with E-state index in [1.807, 2.05) is 47.5 Å². The summed E-state index contributed by atoms with van der Waals surface area (Å²) >= 11 is 0.890. The Morgan fingerprint density at radius 2 is 1.85 bits per heavy atom. The maximum atomic E-state index is 12.5. The first-order valence-electron chi connectivity index (χ1n) is 12.7. The van der Waals surface area contributed by atoms with Crippen LogP contribution in [0.2, 0.25) is 0 Å². The first-order chi connectivity index (χ1) is 18.9. The molecule has 10 heteroatoms. The van der Waals surface area contributed by atoms with Crippen molar-refractivity contribution in [3.8, 4) is 11.1 Å². The van der Waals surface area contributed by atoms with Crippen LogP contribution in [0.15, 0.2) is 65.8 Å². The average molecular weight is 542 g/mol. The van der Waals surface area contributed by atoms with Crippen LogP contribution in [-0.4, -0.2) is 63.9 Å². The van der Waals surface area contributed by atoms with Crippen molar-refractivity contribution >= 4 is 57.4 Å². The van der Waals surface area contributed by atoms with Crippen LogP contribution in [0.1, 0.15) is 25.3 Å². The molecular weight excluding hydrogens is 514 g/mol. The van der Waals surface area contributed by atoms with Crippen LogP contribution in [0, 0.1) is 0 Å². The van der Waals surface area contributed by atoms with E-state index in [9.17, 15) is 19.2 Å². The fraction of sp³-hybridized carbons (Fsp3) is 0.241. The van der Waals surface area contributed by atoms with Gasteiger partial charge < -0.3 is 9.80 Å². The van der Waals surface area contributed by atoms with Gasteiger partial charge in [0, 0.05) is 62.4 Å². The van der Waals surface area contributed by atoms with Gasteiger partial charge in [0.15, 0.2) is 5.78 Å². The molecule has 1 aromatic carbocycles. The summed E-state index contributed by atoms with van der Waals surface area (Å²) in [6.07, 6.45) is 8.96. The van der Waals surface area contributed by atoms with Gasteiger partial charge in [-0.3, -0.25) is 29.5 Å². The lowest BCUT2D eigenvalue weighted by atomic mass is 10.0. The normalized spacial score (nSPS) is 16.9. The third-order valence-corrected chi connectivity index (χ3v) is 7.47. The molecule has 3 aromatic rings. The second-order valence-corrected chi connectivity index (χ2v) is 10.2. The van der Waals surface area contributed by atoms with E-state index in [4.69, 9.17) is 4.98 Å². The topological polar surface area (TPSA) is 113 Å². The molecule has 2 fully saturated rings. The summed E-state index contributed by atoms with van der Waals surface area (Å²) in [5.41, 5.74) is 3.50. The predicted octanol–water partition coefficient (Wildman–Crippen LogP) is 4.19. The molecule has 0 radical (unpaired) electrons. The number of nitrogens with zero attached hydrogens (tertiary/aromatic N) is 4. The highest BCUT2D eigenvalue weighted by molar-refractivity contribution is 8.18. The summed E-state index contributed by atoms with van der Waals surface area (Å²) in [7, 11) is 0. The van der Waals surface area contributed by atoms with Gasteiger partial charge >= 0.3 is 0 Å². The zero-order valence-corrected chi connectivity index (χ0v) is 22.2. The molecule has 3 amide bonds. The molecule has 39 heavy (non-hydrogen) atoms. The van der Waals surface area contributed by atoms with Gasteiger partial charge in [-0.15, -0.1) is 0 Å². The third kappa shape index (κ3) is 6.06. The number of nitrogens with one attached hydrogen (secondary N) is 1. The first-order valence-corrected chi connectivity index (χ1v) is 13.5. The fourth-order valence-electron chi connectivity index (χ4n) is 4.65. The maximum Gasteiger partial charge on any atom is 0.290 e. The van der Waals surface area contributed by atoms with Crippen LogP contribution in [0.4, 0.5) is 10.6 Å². The number of fused-ring (bicyclic) bond motifs is 1. The smallest absolute Gasteiger partial charge is 0.290 e. The van der Waals surface area contributed by atoms with Gasteiger partial charge in [-0.05, 0) is 72.3 Å². The van der Waals surface area contributed by atoms with E-state index in [0.717, 1.165) is 45.2 Å². The van der Waals surface area contributed by atoms with E-state index in [0.29, 0.717) is 31.1 Å². The molecule has 4 heterocycles. The minimum Gasteiger partial charge on any atom is -0.353 e. The summed E-state index contributed by atoms with van der Waals surface area (Å²) in [6, 6.07) is 11.6. The predicted molar refractivity (Wildman–Crippen MR) is 152 cm³/mol. The lowest BCUT2D eigenvalue weighted by Gasteiger charge is -2.35. The van der Waals surface area contributed by atoms with Crippen LogP contribution in [0.25, 0.3) is 28.1 Å². The van der Waals surface area contributed by atoms with Gasteiger partial charge in [-0.25, -0.2) is 4.98 Å². The number of anilines is 1. The van der Waals surface area contributed by atoms with E-state index < -0.39 is 0 Å². The van der Waals surface area contributed by atoms with Crippen molar-refractivity contribution in [2.45, 2.75) is 19.8 Å². The molecule has 0 unspecified atom stereocenters. The van der Waals surface area contributed by atoms with E-state index in [1.165, 1.54) is 6.08 Å². The molecule has 1 N–H and O–H groups in total. The number of pyridine rings is 2. The van der Waals surface area contributed by atoms with Gasteiger partial charge in [0.2, 0.25) is 5.91 Å². The van der Waals surface area contributed by atoms with Crippen LogP contribution in [-0.2, 0) is 14.4 Å². The number of imide groups is 1. The summed E-state index contributed by atoms with van der Waals surface area (Å²) in [5.74, 6) is 0.433. The minimum absolute atomic E-state index is 0.00847. The quantitative estimate of drug-likeness (QED) is 0.443. The summed E-state index contributed by atoms with van der Waals surface area (Å²) in [4.78, 5) is 61.1. The number of thioether (sulfide) groups is 1. The minimum atomic E-state index is -0.388. The van der Waals surface area contributed by atoms with Gasteiger partial charge in [0.25, 0.3) is 11.1 Å². The van der Waals surface area contributed by atoms with E-state index in [2.05, 4.69) is 15.2 Å². The second-order valence-electron chi connectivity index (χ2n) is 9.23. The molecule has 5 rings (SSSR count). The van der Waals surface area contributed by atoms with Gasteiger partial charge in [0.1, 0.15) is 5.82 Å². The zero-order valence-electron chi connectivity index (χ0n) is 21.4.